The first-order valence-electron chi connectivity index (χ1n) is 13.6. The molecular formula is C29H32FN7O2. The maximum Gasteiger partial charge on any atom is 0.230 e. The number of nitrogens with one attached hydrogen (secondary N) is 2. The summed E-state index contributed by atoms with van der Waals surface area (Å²) in [6, 6.07) is 16.4. The van der Waals surface area contributed by atoms with Gasteiger partial charge in [-0.1, -0.05) is 12.1 Å². The quantitative estimate of drug-likeness (QED) is 0.472. The second-order valence-electron chi connectivity index (χ2n) is 10.4. The summed E-state index contributed by atoms with van der Waals surface area (Å²) >= 11 is 0. The second-order valence-corrected chi connectivity index (χ2v) is 10.4. The van der Waals surface area contributed by atoms with E-state index in [0.717, 1.165) is 32.0 Å². The number of likely N-dealkylation sites (tertiary alicyclic amines) is 1. The number of rotatable bonds is 7. The van der Waals surface area contributed by atoms with Gasteiger partial charge >= 0.3 is 0 Å². The fraction of sp³-hybridized carbons (Fsp3) is 0.448. The van der Waals surface area contributed by atoms with Gasteiger partial charge in [0, 0.05) is 17.8 Å². The SMILES string of the molecule is N#Cc1cc(-c2ncnc(Nc3ccc(C4CCN(C5COC5)CC4)cc3)n2)ccc1O[C@H]1CCNC[C@H]1F. The van der Waals surface area contributed by atoms with Crippen LogP contribution in [0, 0.1) is 11.3 Å². The van der Waals surface area contributed by atoms with Gasteiger partial charge in [-0.25, -0.2) is 14.4 Å². The van der Waals surface area contributed by atoms with E-state index in [1.165, 1.54) is 24.7 Å². The fourth-order valence-corrected chi connectivity index (χ4v) is 5.45. The highest BCUT2D eigenvalue weighted by Crippen LogP contribution is 2.31. The molecule has 3 aliphatic heterocycles. The molecule has 2 N–H and O–H groups in total. The molecule has 0 spiro atoms. The molecule has 6 rings (SSSR count). The van der Waals surface area contributed by atoms with Gasteiger partial charge < -0.3 is 20.1 Å². The van der Waals surface area contributed by atoms with Crippen molar-refractivity contribution >= 4 is 11.6 Å². The van der Waals surface area contributed by atoms with Crippen LogP contribution in [0.4, 0.5) is 16.0 Å². The topological polar surface area (TPSA) is 108 Å². The molecule has 0 aliphatic carbocycles. The van der Waals surface area contributed by atoms with E-state index in [1.807, 2.05) is 0 Å². The number of piperidine rings is 2. The molecule has 4 heterocycles. The third-order valence-corrected chi connectivity index (χ3v) is 7.86. The number of hydrogen-bond donors (Lipinski definition) is 2. The fourth-order valence-electron chi connectivity index (χ4n) is 5.45. The predicted octanol–water partition coefficient (Wildman–Crippen LogP) is 3.81. The van der Waals surface area contributed by atoms with Crippen LogP contribution in [0.3, 0.4) is 0 Å². The van der Waals surface area contributed by atoms with Gasteiger partial charge in [-0.2, -0.15) is 10.2 Å². The average Bonchev–Trinajstić information content (AvgIpc) is 2.95. The molecule has 202 valence electrons. The van der Waals surface area contributed by atoms with Crippen molar-refractivity contribution in [2.24, 2.45) is 0 Å². The van der Waals surface area contributed by atoms with E-state index in [2.05, 4.69) is 60.8 Å². The number of nitrogens with zero attached hydrogens (tertiary/aromatic N) is 5. The lowest BCUT2D eigenvalue weighted by atomic mass is 9.88. The van der Waals surface area contributed by atoms with Crippen molar-refractivity contribution in [1.29, 1.82) is 5.26 Å². The van der Waals surface area contributed by atoms with Crippen molar-refractivity contribution in [2.75, 3.05) is 44.7 Å². The summed E-state index contributed by atoms with van der Waals surface area (Å²) in [7, 11) is 0. The summed E-state index contributed by atoms with van der Waals surface area (Å²) in [5.41, 5.74) is 3.22. The first-order chi connectivity index (χ1) is 19.2. The highest BCUT2D eigenvalue weighted by molar-refractivity contribution is 5.63. The molecule has 0 unspecified atom stereocenters. The normalized spacial score (nSPS) is 22.6. The molecule has 1 aromatic heterocycles. The van der Waals surface area contributed by atoms with Gasteiger partial charge in [-0.3, -0.25) is 4.90 Å². The molecule has 3 aromatic rings. The van der Waals surface area contributed by atoms with Crippen molar-refractivity contribution in [3.63, 3.8) is 0 Å². The Hall–Kier alpha value is -3.65. The van der Waals surface area contributed by atoms with Gasteiger partial charge in [-0.15, -0.1) is 0 Å². The molecule has 0 saturated carbocycles. The highest BCUT2D eigenvalue weighted by atomic mass is 19.1. The monoisotopic (exact) mass is 529 g/mol. The van der Waals surface area contributed by atoms with Crippen molar-refractivity contribution < 1.29 is 13.9 Å². The van der Waals surface area contributed by atoms with Gasteiger partial charge in [-0.05, 0) is 80.7 Å². The van der Waals surface area contributed by atoms with Crippen LogP contribution >= 0.6 is 0 Å². The Morgan fingerprint density at radius 3 is 2.62 bits per heavy atom. The molecular weight excluding hydrogens is 497 g/mol. The van der Waals surface area contributed by atoms with Gasteiger partial charge in [0.25, 0.3) is 0 Å². The molecule has 2 atom stereocenters. The van der Waals surface area contributed by atoms with Crippen LogP contribution in [0.25, 0.3) is 11.4 Å². The predicted molar refractivity (Wildman–Crippen MR) is 145 cm³/mol. The molecule has 0 bridgehead atoms. The van der Waals surface area contributed by atoms with E-state index in [1.54, 1.807) is 18.2 Å². The number of benzene rings is 2. The van der Waals surface area contributed by atoms with Crippen LogP contribution in [0.15, 0.2) is 48.8 Å². The number of alkyl halides is 1. The first kappa shape index (κ1) is 25.6. The average molecular weight is 530 g/mol. The smallest absolute Gasteiger partial charge is 0.230 e. The lowest BCUT2D eigenvalue weighted by Crippen LogP contribution is -2.51. The molecule has 10 heteroatoms. The molecule has 2 aromatic carbocycles. The van der Waals surface area contributed by atoms with Crippen molar-refractivity contribution in [2.45, 2.75) is 43.5 Å². The third-order valence-electron chi connectivity index (χ3n) is 7.86. The van der Waals surface area contributed by atoms with Gasteiger partial charge in [0.15, 0.2) is 5.82 Å². The summed E-state index contributed by atoms with van der Waals surface area (Å²) in [6.45, 7) is 4.95. The first-order valence-corrected chi connectivity index (χ1v) is 13.6. The summed E-state index contributed by atoms with van der Waals surface area (Å²) in [4.78, 5) is 15.7. The molecule has 39 heavy (non-hydrogen) atoms. The van der Waals surface area contributed by atoms with Crippen LogP contribution in [0.2, 0.25) is 0 Å². The van der Waals surface area contributed by atoms with Gasteiger partial charge in [0.1, 0.15) is 30.4 Å². The second kappa shape index (κ2) is 11.6. The minimum absolute atomic E-state index is 0.254. The zero-order chi connectivity index (χ0) is 26.6. The number of ether oxygens (including phenoxy) is 2. The van der Waals surface area contributed by atoms with Gasteiger partial charge in [0.05, 0.1) is 24.8 Å². The Kier molecular flexibility index (Phi) is 7.63. The van der Waals surface area contributed by atoms with E-state index in [-0.39, 0.29) is 6.54 Å². The van der Waals surface area contributed by atoms with Crippen LogP contribution in [-0.2, 0) is 4.74 Å². The number of aromatic nitrogens is 3. The van der Waals surface area contributed by atoms with E-state index in [4.69, 9.17) is 9.47 Å². The van der Waals surface area contributed by atoms with Crippen LogP contribution in [0.1, 0.15) is 36.3 Å². The zero-order valence-electron chi connectivity index (χ0n) is 21.7. The van der Waals surface area contributed by atoms with Crippen LogP contribution in [0.5, 0.6) is 5.75 Å². The number of nitriles is 1. The van der Waals surface area contributed by atoms with E-state index in [9.17, 15) is 9.65 Å². The highest BCUT2D eigenvalue weighted by Gasteiger charge is 2.30. The van der Waals surface area contributed by atoms with Gasteiger partial charge in [0.2, 0.25) is 5.95 Å². The number of anilines is 2. The maximum atomic E-state index is 14.2. The lowest BCUT2D eigenvalue weighted by molar-refractivity contribution is -0.0712. The van der Waals surface area contributed by atoms with Crippen LogP contribution in [-0.4, -0.2) is 77.6 Å². The van der Waals surface area contributed by atoms with Crippen molar-refractivity contribution in [3.8, 4) is 23.2 Å². The van der Waals surface area contributed by atoms with E-state index in [0.29, 0.717) is 53.6 Å². The number of halogens is 1. The van der Waals surface area contributed by atoms with Crippen molar-refractivity contribution in [3.05, 3.63) is 59.9 Å². The minimum atomic E-state index is -1.11. The van der Waals surface area contributed by atoms with Crippen molar-refractivity contribution in [1.82, 2.24) is 25.2 Å². The maximum absolute atomic E-state index is 14.2. The Labute approximate surface area is 227 Å². The standard InChI is InChI=1S/C29H32FN7O2/c30-25-15-32-10-7-27(25)39-26-6-3-21(13-22(26)14-31)28-33-18-34-29(36-28)35-23-4-1-19(2-5-23)20-8-11-37(12-9-20)24-16-38-17-24/h1-6,13,18,20,24-25,27,32H,7-12,15-17H2,(H,33,34,35,36)/t25-,27+/m1/s1. The summed E-state index contributed by atoms with van der Waals surface area (Å²) in [5, 5.41) is 16.0. The molecule has 3 aliphatic rings. The Bertz CT molecular complexity index is 1320. The summed E-state index contributed by atoms with van der Waals surface area (Å²) in [5.74, 6) is 1.79. The summed E-state index contributed by atoms with van der Waals surface area (Å²) in [6.07, 6.45) is 2.64. The Morgan fingerprint density at radius 2 is 1.90 bits per heavy atom. The molecule has 9 nitrogen and oxygen atoms in total. The zero-order valence-corrected chi connectivity index (χ0v) is 21.7. The Morgan fingerprint density at radius 1 is 1.08 bits per heavy atom. The van der Waals surface area contributed by atoms with E-state index >= 15 is 0 Å². The largest absolute Gasteiger partial charge is 0.486 e. The van der Waals surface area contributed by atoms with Crippen LogP contribution < -0.4 is 15.4 Å². The minimum Gasteiger partial charge on any atom is -0.486 e. The molecule has 3 saturated heterocycles. The molecule has 0 amide bonds. The Balaban J connectivity index is 1.10. The molecule has 0 radical (unpaired) electrons. The molecule has 3 fully saturated rings. The van der Waals surface area contributed by atoms with E-state index < -0.39 is 12.3 Å². The number of hydrogen-bond acceptors (Lipinski definition) is 9. The third kappa shape index (κ3) is 5.86. The summed E-state index contributed by atoms with van der Waals surface area (Å²) < 4.78 is 25.4. The lowest BCUT2D eigenvalue weighted by Gasteiger charge is -2.41.